The van der Waals surface area contributed by atoms with Gasteiger partial charge in [0, 0.05) is 23.5 Å². The van der Waals surface area contributed by atoms with Crippen molar-refractivity contribution in [1.82, 2.24) is 4.98 Å². The van der Waals surface area contributed by atoms with Crippen molar-refractivity contribution >= 4 is 11.6 Å². The summed E-state index contributed by atoms with van der Waals surface area (Å²) in [5.41, 5.74) is 1.82. The lowest BCUT2D eigenvalue weighted by atomic mass is 10.2. The summed E-state index contributed by atoms with van der Waals surface area (Å²) < 4.78 is 5.65. The number of pyridine rings is 1. The summed E-state index contributed by atoms with van der Waals surface area (Å²) in [6.45, 7) is 0.414. The number of anilines is 1. The van der Waals surface area contributed by atoms with Crippen molar-refractivity contribution in [2.45, 2.75) is 6.61 Å². The summed E-state index contributed by atoms with van der Waals surface area (Å²) >= 11 is 0. The van der Waals surface area contributed by atoms with Crippen LogP contribution in [0.15, 0.2) is 73.1 Å². The zero-order valence-corrected chi connectivity index (χ0v) is 12.8. The van der Waals surface area contributed by atoms with Crippen LogP contribution in [0.3, 0.4) is 0 Å². The molecule has 0 saturated heterocycles. The molecule has 5 nitrogen and oxygen atoms in total. The molecule has 3 aromatic rings. The van der Waals surface area contributed by atoms with Gasteiger partial charge in [-0.3, -0.25) is 9.78 Å². The Morgan fingerprint density at radius 2 is 1.83 bits per heavy atom. The summed E-state index contributed by atoms with van der Waals surface area (Å²) in [6, 6.07) is 17.2. The number of hydrogen-bond donors (Lipinski definition) is 2. The number of aromatic hydroxyl groups is 1. The molecule has 0 aliphatic rings. The SMILES string of the molecule is O=C(Nc1ccccc1O)c1ccc(OCc2cccnc2)cc1. The number of hydrogen-bond acceptors (Lipinski definition) is 4. The van der Waals surface area contributed by atoms with Crippen LogP contribution in [-0.4, -0.2) is 16.0 Å². The van der Waals surface area contributed by atoms with Gasteiger partial charge in [0.25, 0.3) is 5.91 Å². The van der Waals surface area contributed by atoms with E-state index in [-0.39, 0.29) is 11.7 Å². The molecule has 24 heavy (non-hydrogen) atoms. The number of benzene rings is 2. The molecule has 1 aromatic heterocycles. The molecule has 5 heteroatoms. The Kier molecular flexibility index (Phi) is 4.72. The molecule has 120 valence electrons. The number of carbonyl (C=O) groups excluding carboxylic acids is 1. The molecule has 0 saturated carbocycles. The number of aromatic nitrogens is 1. The maximum atomic E-state index is 12.2. The second kappa shape index (κ2) is 7.28. The van der Waals surface area contributed by atoms with Gasteiger partial charge >= 0.3 is 0 Å². The number of amides is 1. The first-order chi connectivity index (χ1) is 11.7. The van der Waals surface area contributed by atoms with Crippen molar-refractivity contribution in [2.24, 2.45) is 0 Å². The molecule has 3 rings (SSSR count). The van der Waals surface area contributed by atoms with E-state index in [1.54, 1.807) is 54.9 Å². The summed E-state index contributed by atoms with van der Waals surface area (Å²) in [6.07, 6.45) is 3.45. The molecule has 2 aromatic carbocycles. The first-order valence-corrected chi connectivity index (χ1v) is 7.43. The standard InChI is InChI=1S/C19H16N2O3/c22-18-6-2-1-5-17(18)21-19(23)15-7-9-16(10-8-15)24-13-14-4-3-11-20-12-14/h1-12,22H,13H2,(H,21,23). The third-order valence-corrected chi connectivity index (χ3v) is 3.40. The smallest absolute Gasteiger partial charge is 0.255 e. The van der Waals surface area contributed by atoms with Gasteiger partial charge in [-0.1, -0.05) is 18.2 Å². The van der Waals surface area contributed by atoms with E-state index >= 15 is 0 Å². The van der Waals surface area contributed by atoms with E-state index in [9.17, 15) is 9.90 Å². The van der Waals surface area contributed by atoms with Gasteiger partial charge in [-0.25, -0.2) is 0 Å². The fraction of sp³-hybridized carbons (Fsp3) is 0.0526. The predicted molar refractivity (Wildman–Crippen MR) is 91.1 cm³/mol. The van der Waals surface area contributed by atoms with E-state index in [0.717, 1.165) is 5.56 Å². The van der Waals surface area contributed by atoms with E-state index in [2.05, 4.69) is 10.3 Å². The molecule has 0 spiro atoms. The van der Waals surface area contributed by atoms with E-state index in [1.807, 2.05) is 12.1 Å². The molecule has 0 bridgehead atoms. The Morgan fingerprint density at radius 3 is 2.54 bits per heavy atom. The van der Waals surface area contributed by atoms with Gasteiger partial charge in [0.1, 0.15) is 18.1 Å². The van der Waals surface area contributed by atoms with Crippen molar-refractivity contribution in [1.29, 1.82) is 0 Å². The third-order valence-electron chi connectivity index (χ3n) is 3.40. The Hall–Kier alpha value is -3.34. The van der Waals surface area contributed by atoms with Crippen LogP contribution in [0.4, 0.5) is 5.69 Å². The molecule has 0 atom stereocenters. The van der Waals surface area contributed by atoms with Crippen LogP contribution >= 0.6 is 0 Å². The summed E-state index contributed by atoms with van der Waals surface area (Å²) in [5, 5.41) is 12.4. The minimum atomic E-state index is -0.296. The lowest BCUT2D eigenvalue weighted by Crippen LogP contribution is -2.11. The number of para-hydroxylation sites is 2. The van der Waals surface area contributed by atoms with Gasteiger partial charge in [-0.15, -0.1) is 0 Å². The van der Waals surface area contributed by atoms with Crippen molar-refractivity contribution in [3.63, 3.8) is 0 Å². The topological polar surface area (TPSA) is 71.5 Å². The molecule has 0 radical (unpaired) electrons. The number of ether oxygens (including phenoxy) is 1. The minimum Gasteiger partial charge on any atom is -0.506 e. The number of rotatable bonds is 5. The zero-order valence-electron chi connectivity index (χ0n) is 12.8. The molecule has 0 aliphatic heterocycles. The Balaban J connectivity index is 1.61. The monoisotopic (exact) mass is 320 g/mol. The molecule has 2 N–H and O–H groups in total. The van der Waals surface area contributed by atoms with Crippen molar-refractivity contribution < 1.29 is 14.6 Å². The number of phenols is 1. The van der Waals surface area contributed by atoms with Crippen LogP contribution in [0.2, 0.25) is 0 Å². The number of nitrogens with zero attached hydrogens (tertiary/aromatic N) is 1. The number of nitrogens with one attached hydrogen (secondary N) is 1. The van der Waals surface area contributed by atoms with Crippen LogP contribution < -0.4 is 10.1 Å². The van der Waals surface area contributed by atoms with Crippen molar-refractivity contribution in [2.75, 3.05) is 5.32 Å². The Bertz CT molecular complexity index is 818. The maximum Gasteiger partial charge on any atom is 0.255 e. The average Bonchev–Trinajstić information content (AvgIpc) is 2.63. The van der Waals surface area contributed by atoms with Gasteiger partial charge in [0.2, 0.25) is 0 Å². The molecule has 0 unspecified atom stereocenters. The zero-order chi connectivity index (χ0) is 16.8. The van der Waals surface area contributed by atoms with Crippen LogP contribution in [0, 0.1) is 0 Å². The highest BCUT2D eigenvalue weighted by atomic mass is 16.5. The van der Waals surface area contributed by atoms with E-state index in [1.165, 1.54) is 6.07 Å². The minimum absolute atomic E-state index is 0.0299. The van der Waals surface area contributed by atoms with Gasteiger partial charge in [0.05, 0.1) is 5.69 Å². The highest BCUT2D eigenvalue weighted by Gasteiger charge is 2.08. The second-order valence-electron chi connectivity index (χ2n) is 5.15. The fourth-order valence-corrected chi connectivity index (χ4v) is 2.13. The van der Waals surface area contributed by atoms with Crippen LogP contribution in [0.25, 0.3) is 0 Å². The maximum absolute atomic E-state index is 12.2. The van der Waals surface area contributed by atoms with E-state index in [0.29, 0.717) is 23.6 Å². The molecular formula is C19H16N2O3. The van der Waals surface area contributed by atoms with Crippen molar-refractivity contribution in [3.8, 4) is 11.5 Å². The third kappa shape index (κ3) is 3.89. The summed E-state index contributed by atoms with van der Waals surface area (Å²) in [4.78, 5) is 16.2. The average molecular weight is 320 g/mol. The second-order valence-corrected chi connectivity index (χ2v) is 5.15. The quantitative estimate of drug-likeness (QED) is 0.704. The summed E-state index contributed by atoms with van der Waals surface area (Å²) in [5.74, 6) is 0.399. The normalized spacial score (nSPS) is 10.2. The molecule has 0 fully saturated rings. The van der Waals surface area contributed by atoms with E-state index < -0.39 is 0 Å². The largest absolute Gasteiger partial charge is 0.506 e. The Labute approximate surface area is 139 Å². The van der Waals surface area contributed by atoms with Gasteiger partial charge in [0.15, 0.2) is 0 Å². The van der Waals surface area contributed by atoms with Crippen LogP contribution in [0.5, 0.6) is 11.5 Å². The number of carbonyl (C=O) groups is 1. The molecule has 1 heterocycles. The highest BCUT2D eigenvalue weighted by Crippen LogP contribution is 2.22. The first-order valence-electron chi connectivity index (χ1n) is 7.43. The Morgan fingerprint density at radius 1 is 1.04 bits per heavy atom. The number of phenolic OH excluding ortho intramolecular Hbond substituents is 1. The molecule has 1 amide bonds. The lowest BCUT2D eigenvalue weighted by molar-refractivity contribution is 0.102. The van der Waals surface area contributed by atoms with E-state index in [4.69, 9.17) is 4.74 Å². The highest BCUT2D eigenvalue weighted by molar-refractivity contribution is 6.05. The van der Waals surface area contributed by atoms with Crippen LogP contribution in [0.1, 0.15) is 15.9 Å². The van der Waals surface area contributed by atoms with Gasteiger partial charge in [-0.05, 0) is 42.5 Å². The van der Waals surface area contributed by atoms with Crippen molar-refractivity contribution in [3.05, 3.63) is 84.2 Å². The first kappa shape index (κ1) is 15.6. The van der Waals surface area contributed by atoms with Gasteiger partial charge < -0.3 is 15.2 Å². The predicted octanol–water partition coefficient (Wildman–Crippen LogP) is 3.62. The molecule has 0 aliphatic carbocycles. The fourth-order valence-electron chi connectivity index (χ4n) is 2.13. The van der Waals surface area contributed by atoms with Crippen LogP contribution in [-0.2, 0) is 6.61 Å². The lowest BCUT2D eigenvalue weighted by Gasteiger charge is -2.09. The molecular weight excluding hydrogens is 304 g/mol. The van der Waals surface area contributed by atoms with Gasteiger partial charge in [-0.2, -0.15) is 0 Å². The summed E-state index contributed by atoms with van der Waals surface area (Å²) in [7, 11) is 0.